The Morgan fingerprint density at radius 1 is 0.418 bits per heavy atom. The second kappa shape index (κ2) is 13.3. The summed E-state index contributed by atoms with van der Waals surface area (Å²) in [5, 5.41) is 5.14. The molecule has 0 unspecified atom stereocenters. The van der Waals surface area contributed by atoms with Crippen LogP contribution in [0.2, 0.25) is 0 Å². The monoisotopic (exact) mass is 740 g/mol. The van der Waals surface area contributed by atoms with E-state index in [1.807, 2.05) is 59.9 Å². The van der Waals surface area contributed by atoms with Gasteiger partial charge in [-0.05, 0) is 82.8 Å². The third kappa shape index (κ3) is 5.68. The SMILES string of the molecule is C1=C(c2ccc(-n3c4cc5c(cc4c4c6ccccc6ccc43)Sc3ccccc3S5)cc2)CCC(c2nc(-c3ccccc3)nc(-c3ccccc3)n2)=C1. The Morgan fingerprint density at radius 2 is 1.00 bits per heavy atom. The van der Waals surface area contributed by atoms with Gasteiger partial charge in [0.15, 0.2) is 17.5 Å². The highest BCUT2D eigenvalue weighted by Gasteiger charge is 2.23. The lowest BCUT2D eigenvalue weighted by Crippen LogP contribution is -2.04. The van der Waals surface area contributed by atoms with Gasteiger partial charge in [-0.3, -0.25) is 0 Å². The van der Waals surface area contributed by atoms with E-state index in [4.69, 9.17) is 15.0 Å². The number of fused-ring (bicyclic) bond motifs is 7. The van der Waals surface area contributed by atoms with Gasteiger partial charge in [-0.2, -0.15) is 0 Å². The second-order valence-corrected chi connectivity index (χ2v) is 16.1. The molecule has 1 aliphatic heterocycles. The van der Waals surface area contributed by atoms with Crippen LogP contribution in [0, 0.1) is 0 Å². The minimum Gasteiger partial charge on any atom is -0.309 e. The van der Waals surface area contributed by atoms with Crippen LogP contribution in [0.4, 0.5) is 0 Å². The molecule has 0 atom stereocenters. The smallest absolute Gasteiger partial charge is 0.164 e. The van der Waals surface area contributed by atoms with Crippen LogP contribution in [-0.2, 0) is 0 Å². The van der Waals surface area contributed by atoms with E-state index in [2.05, 4.69) is 138 Å². The number of hydrogen-bond acceptors (Lipinski definition) is 5. The molecule has 0 spiro atoms. The first kappa shape index (κ1) is 32.2. The zero-order valence-electron chi connectivity index (χ0n) is 29.7. The van der Waals surface area contributed by atoms with Crippen LogP contribution < -0.4 is 0 Å². The quantitative estimate of drug-likeness (QED) is 0.176. The lowest BCUT2D eigenvalue weighted by atomic mass is 9.92. The molecule has 9 aromatic rings. The summed E-state index contributed by atoms with van der Waals surface area (Å²) in [6.45, 7) is 0. The summed E-state index contributed by atoms with van der Waals surface area (Å²) in [5.41, 5.74) is 9.25. The molecule has 7 aromatic carbocycles. The Kier molecular flexibility index (Phi) is 7.78. The minimum atomic E-state index is 0.691. The Hall–Kier alpha value is -6.21. The predicted molar refractivity (Wildman–Crippen MR) is 229 cm³/mol. The van der Waals surface area contributed by atoms with E-state index >= 15 is 0 Å². The molecule has 3 heterocycles. The van der Waals surface area contributed by atoms with E-state index in [9.17, 15) is 0 Å². The molecular formula is C49H32N4S2. The fourth-order valence-electron chi connectivity index (χ4n) is 7.93. The van der Waals surface area contributed by atoms with E-state index in [-0.39, 0.29) is 0 Å². The minimum absolute atomic E-state index is 0.691. The van der Waals surface area contributed by atoms with Crippen LogP contribution >= 0.6 is 23.5 Å². The van der Waals surface area contributed by atoms with Crippen molar-refractivity contribution < 1.29 is 0 Å². The van der Waals surface area contributed by atoms with Crippen molar-refractivity contribution >= 4 is 67.2 Å². The van der Waals surface area contributed by atoms with Crippen LogP contribution in [0.25, 0.3) is 72.2 Å². The van der Waals surface area contributed by atoms with Gasteiger partial charge in [0.25, 0.3) is 0 Å². The summed E-state index contributed by atoms with van der Waals surface area (Å²) < 4.78 is 2.45. The molecule has 0 bridgehead atoms. The molecule has 0 amide bonds. The zero-order valence-corrected chi connectivity index (χ0v) is 31.3. The second-order valence-electron chi connectivity index (χ2n) is 14.0. The van der Waals surface area contributed by atoms with Crippen LogP contribution in [-0.4, -0.2) is 19.5 Å². The number of hydrogen-bond donors (Lipinski definition) is 0. The van der Waals surface area contributed by atoms with Crippen LogP contribution in [0.15, 0.2) is 189 Å². The summed E-state index contributed by atoms with van der Waals surface area (Å²) in [6.07, 6.45) is 6.19. The summed E-state index contributed by atoms with van der Waals surface area (Å²) >= 11 is 3.75. The molecule has 0 N–H and O–H groups in total. The van der Waals surface area contributed by atoms with Gasteiger partial charge in [0, 0.05) is 47.2 Å². The van der Waals surface area contributed by atoms with E-state index in [1.165, 1.54) is 63.3 Å². The molecule has 0 fully saturated rings. The van der Waals surface area contributed by atoms with Gasteiger partial charge in [-0.15, -0.1) is 0 Å². The van der Waals surface area contributed by atoms with Gasteiger partial charge < -0.3 is 4.57 Å². The van der Waals surface area contributed by atoms with Gasteiger partial charge in [-0.25, -0.2) is 15.0 Å². The summed E-state index contributed by atoms with van der Waals surface area (Å²) in [4.78, 5) is 20.1. The van der Waals surface area contributed by atoms with Gasteiger partial charge in [-0.1, -0.05) is 151 Å². The van der Waals surface area contributed by atoms with Crippen molar-refractivity contribution in [2.24, 2.45) is 0 Å². The van der Waals surface area contributed by atoms with Crippen molar-refractivity contribution in [3.05, 3.63) is 181 Å². The molecular weight excluding hydrogens is 709 g/mol. The van der Waals surface area contributed by atoms with Gasteiger partial charge >= 0.3 is 0 Å². The highest BCUT2D eigenvalue weighted by molar-refractivity contribution is 8.05. The number of nitrogens with zero attached hydrogens (tertiary/aromatic N) is 4. The Bertz CT molecular complexity index is 2960. The van der Waals surface area contributed by atoms with E-state index in [0.717, 1.165) is 41.1 Å². The fourth-order valence-corrected chi connectivity index (χ4v) is 10.2. The average molecular weight is 741 g/mol. The third-order valence-electron chi connectivity index (χ3n) is 10.6. The molecule has 1 aliphatic carbocycles. The number of allylic oxidation sites excluding steroid dienone is 4. The maximum atomic E-state index is 4.97. The van der Waals surface area contributed by atoms with Crippen molar-refractivity contribution in [1.82, 2.24) is 19.5 Å². The molecule has 0 radical (unpaired) electrons. The van der Waals surface area contributed by atoms with Crippen molar-refractivity contribution in [1.29, 1.82) is 0 Å². The molecule has 2 aromatic heterocycles. The van der Waals surface area contributed by atoms with E-state index in [0.29, 0.717) is 11.6 Å². The van der Waals surface area contributed by atoms with Gasteiger partial charge in [0.2, 0.25) is 0 Å². The van der Waals surface area contributed by atoms with Gasteiger partial charge in [0.05, 0.1) is 11.0 Å². The first-order valence-electron chi connectivity index (χ1n) is 18.6. The summed E-state index contributed by atoms with van der Waals surface area (Å²) in [7, 11) is 0. The number of benzene rings is 7. The molecule has 6 heteroatoms. The predicted octanol–water partition coefficient (Wildman–Crippen LogP) is 13.3. The third-order valence-corrected chi connectivity index (χ3v) is 13.2. The Morgan fingerprint density at radius 3 is 1.67 bits per heavy atom. The van der Waals surface area contributed by atoms with Crippen molar-refractivity contribution in [3.63, 3.8) is 0 Å². The molecule has 0 saturated carbocycles. The van der Waals surface area contributed by atoms with Crippen LogP contribution in [0.5, 0.6) is 0 Å². The first-order valence-corrected chi connectivity index (χ1v) is 20.2. The molecule has 55 heavy (non-hydrogen) atoms. The van der Waals surface area contributed by atoms with Crippen LogP contribution in [0.3, 0.4) is 0 Å². The summed E-state index contributed by atoms with van der Waals surface area (Å²) in [5.74, 6) is 2.12. The number of rotatable bonds is 5. The largest absolute Gasteiger partial charge is 0.309 e. The molecule has 0 saturated heterocycles. The number of aromatic nitrogens is 4. The topological polar surface area (TPSA) is 43.6 Å². The Labute approximate surface area is 327 Å². The molecule has 4 nitrogen and oxygen atoms in total. The average Bonchev–Trinajstić information content (AvgIpc) is 3.58. The first-order chi connectivity index (χ1) is 27.2. The van der Waals surface area contributed by atoms with E-state index < -0.39 is 0 Å². The van der Waals surface area contributed by atoms with Crippen molar-refractivity contribution in [2.45, 2.75) is 32.4 Å². The molecule has 2 aliphatic rings. The Balaban J connectivity index is 0.975. The highest BCUT2D eigenvalue weighted by atomic mass is 32.2. The van der Waals surface area contributed by atoms with Crippen molar-refractivity contribution in [2.75, 3.05) is 0 Å². The maximum absolute atomic E-state index is 4.97. The molecule has 11 rings (SSSR count). The van der Waals surface area contributed by atoms with Crippen molar-refractivity contribution in [3.8, 4) is 28.5 Å². The van der Waals surface area contributed by atoms with Gasteiger partial charge in [0.1, 0.15) is 0 Å². The standard InChI is InChI=1S/C49H32N4S2/c1-3-12-34(13-4-1)47-50-48(35-14-5-2-6-15-35)52-49(51-47)36-21-19-31(20-22-36)32-23-26-37(27-24-32)53-40-28-25-33-11-7-8-16-38(33)46(40)39-29-44-45(30-41(39)53)55-43-18-10-9-17-42(43)54-44/h1-19,21,23-30H,20,22H2. The normalized spacial score (nSPS) is 13.7. The van der Waals surface area contributed by atoms with Crippen LogP contribution in [0.1, 0.15) is 24.2 Å². The lowest BCUT2D eigenvalue weighted by molar-refractivity contribution is 0.985. The fraction of sp³-hybridized carbons (Fsp3) is 0.0408. The lowest BCUT2D eigenvalue weighted by Gasteiger charge is -2.19. The maximum Gasteiger partial charge on any atom is 0.164 e. The highest BCUT2D eigenvalue weighted by Crippen LogP contribution is 2.51. The summed E-state index contributed by atoms with van der Waals surface area (Å²) in [6, 6.07) is 56.3. The zero-order chi connectivity index (χ0) is 36.3. The van der Waals surface area contributed by atoms with E-state index in [1.54, 1.807) is 0 Å². The molecule has 260 valence electrons.